The largest absolute Gasteiger partial charge is 0.298 e. The van der Waals surface area contributed by atoms with Crippen molar-refractivity contribution in [2.75, 3.05) is 0 Å². The van der Waals surface area contributed by atoms with Crippen molar-refractivity contribution in [2.45, 2.75) is 11.8 Å². The van der Waals surface area contributed by atoms with Crippen molar-refractivity contribution in [1.29, 1.82) is 0 Å². The number of alkyl halides is 3. The van der Waals surface area contributed by atoms with Crippen molar-refractivity contribution in [2.24, 2.45) is 0 Å². The van der Waals surface area contributed by atoms with Crippen LogP contribution < -0.4 is 0 Å². The quantitative estimate of drug-likeness (QED) is 0.484. The van der Waals surface area contributed by atoms with E-state index in [4.69, 9.17) is 11.6 Å². The second-order valence-electron chi connectivity index (χ2n) is 2.45. The number of rotatable bonds is 3. The number of carbonyl (C=O) groups excluding carboxylic acids is 1. The Labute approximate surface area is 92.4 Å². The molecule has 2 nitrogen and oxygen atoms in total. The van der Waals surface area contributed by atoms with Crippen LogP contribution in [0.2, 0.25) is 5.15 Å². The standard InChI is InChI=1S/C8H5BrClF2NO/c9-1-5-4(3-14)2-13-7(10)6(5)8(11)12/h2-3,8H,1H2. The van der Waals surface area contributed by atoms with Crippen molar-refractivity contribution in [3.63, 3.8) is 0 Å². The SMILES string of the molecule is O=Cc1cnc(Cl)c(C(F)F)c1CBr. The first kappa shape index (κ1) is 11.5. The van der Waals surface area contributed by atoms with Gasteiger partial charge in [-0.25, -0.2) is 13.8 Å². The Morgan fingerprint density at radius 1 is 1.64 bits per heavy atom. The molecule has 6 heteroatoms. The average Bonchev–Trinajstić information content (AvgIpc) is 2.16. The van der Waals surface area contributed by atoms with Gasteiger partial charge in [-0.15, -0.1) is 0 Å². The van der Waals surface area contributed by atoms with Gasteiger partial charge in [0.1, 0.15) is 5.15 Å². The molecule has 76 valence electrons. The average molecular weight is 284 g/mol. The summed E-state index contributed by atoms with van der Waals surface area (Å²) in [6.07, 6.45) is -1.08. The minimum Gasteiger partial charge on any atom is -0.298 e. The smallest absolute Gasteiger partial charge is 0.267 e. The zero-order valence-corrected chi connectivity index (χ0v) is 9.15. The monoisotopic (exact) mass is 283 g/mol. The molecule has 0 fully saturated rings. The highest BCUT2D eigenvalue weighted by Crippen LogP contribution is 2.31. The van der Waals surface area contributed by atoms with Gasteiger partial charge in [0.15, 0.2) is 6.29 Å². The molecule has 1 heterocycles. The van der Waals surface area contributed by atoms with E-state index in [0.29, 0.717) is 6.29 Å². The van der Waals surface area contributed by atoms with Gasteiger partial charge in [-0.05, 0) is 5.56 Å². The Morgan fingerprint density at radius 2 is 2.29 bits per heavy atom. The second-order valence-corrected chi connectivity index (χ2v) is 3.37. The number of carbonyl (C=O) groups is 1. The molecule has 0 N–H and O–H groups in total. The van der Waals surface area contributed by atoms with Crippen molar-refractivity contribution in [1.82, 2.24) is 4.98 Å². The number of aldehydes is 1. The van der Waals surface area contributed by atoms with E-state index in [2.05, 4.69) is 20.9 Å². The fourth-order valence-corrected chi connectivity index (χ4v) is 1.90. The van der Waals surface area contributed by atoms with Gasteiger partial charge in [-0.3, -0.25) is 4.79 Å². The molecule has 1 rings (SSSR count). The predicted molar refractivity (Wildman–Crippen MR) is 52.2 cm³/mol. The summed E-state index contributed by atoms with van der Waals surface area (Å²) in [5.41, 5.74) is -0.0651. The third-order valence-electron chi connectivity index (χ3n) is 1.69. The third-order valence-corrected chi connectivity index (χ3v) is 2.55. The minimum atomic E-state index is -2.73. The summed E-state index contributed by atoms with van der Waals surface area (Å²) in [4.78, 5) is 14.0. The van der Waals surface area contributed by atoms with Crippen LogP contribution in [-0.4, -0.2) is 11.3 Å². The molecule has 0 bridgehead atoms. The van der Waals surface area contributed by atoms with Crippen LogP contribution >= 0.6 is 27.5 Å². The first-order valence-electron chi connectivity index (χ1n) is 3.58. The fourth-order valence-electron chi connectivity index (χ4n) is 1.03. The van der Waals surface area contributed by atoms with Crippen LogP contribution in [-0.2, 0) is 5.33 Å². The number of nitrogens with zero attached hydrogens (tertiary/aromatic N) is 1. The van der Waals surface area contributed by atoms with Crippen molar-refractivity contribution < 1.29 is 13.6 Å². The van der Waals surface area contributed by atoms with Gasteiger partial charge < -0.3 is 0 Å². The minimum absolute atomic E-state index is 0.126. The molecule has 0 aromatic carbocycles. The van der Waals surface area contributed by atoms with Gasteiger partial charge in [0.25, 0.3) is 6.43 Å². The third kappa shape index (κ3) is 2.09. The van der Waals surface area contributed by atoms with Crippen molar-refractivity contribution >= 4 is 33.8 Å². The molecule has 0 saturated carbocycles. The Morgan fingerprint density at radius 3 is 2.71 bits per heavy atom. The maximum Gasteiger partial charge on any atom is 0.267 e. The number of aromatic nitrogens is 1. The maximum absolute atomic E-state index is 12.5. The highest BCUT2D eigenvalue weighted by Gasteiger charge is 2.20. The second kappa shape index (κ2) is 4.79. The summed E-state index contributed by atoms with van der Waals surface area (Å²) in [6.45, 7) is 0. The summed E-state index contributed by atoms with van der Waals surface area (Å²) in [7, 11) is 0. The van der Waals surface area contributed by atoms with Crippen LogP contribution in [0.15, 0.2) is 6.20 Å². The van der Waals surface area contributed by atoms with Gasteiger partial charge in [-0.2, -0.15) is 0 Å². The molecule has 0 radical (unpaired) electrons. The van der Waals surface area contributed by atoms with Gasteiger partial charge in [0.2, 0.25) is 0 Å². The van der Waals surface area contributed by atoms with Crippen LogP contribution in [0.1, 0.15) is 27.9 Å². The molecular weight excluding hydrogens is 279 g/mol. The molecule has 1 aromatic rings. The lowest BCUT2D eigenvalue weighted by molar-refractivity contribution is 0.112. The van der Waals surface area contributed by atoms with Crippen LogP contribution in [0.4, 0.5) is 8.78 Å². The zero-order chi connectivity index (χ0) is 10.7. The topological polar surface area (TPSA) is 30.0 Å². The van der Waals surface area contributed by atoms with Crippen LogP contribution in [0.5, 0.6) is 0 Å². The Kier molecular flexibility index (Phi) is 3.95. The van der Waals surface area contributed by atoms with Crippen molar-refractivity contribution in [3.05, 3.63) is 28.0 Å². The first-order valence-corrected chi connectivity index (χ1v) is 5.08. The van der Waals surface area contributed by atoms with Gasteiger partial charge in [0, 0.05) is 17.1 Å². The summed E-state index contributed by atoms with van der Waals surface area (Å²) in [5.74, 6) is 0. The lowest BCUT2D eigenvalue weighted by atomic mass is 10.1. The van der Waals surface area contributed by atoms with Gasteiger partial charge in [-0.1, -0.05) is 27.5 Å². The first-order chi connectivity index (χ1) is 6.61. The van der Waals surface area contributed by atoms with E-state index in [1.807, 2.05) is 0 Å². The lowest BCUT2D eigenvalue weighted by Gasteiger charge is -2.09. The van der Waals surface area contributed by atoms with Crippen LogP contribution in [0.3, 0.4) is 0 Å². The van der Waals surface area contributed by atoms with Crippen LogP contribution in [0, 0.1) is 0 Å². The molecule has 0 aliphatic heterocycles. The fraction of sp³-hybridized carbons (Fsp3) is 0.250. The van der Waals surface area contributed by atoms with Crippen molar-refractivity contribution in [3.8, 4) is 0 Å². The Bertz CT molecular complexity index is 359. The summed E-state index contributed by atoms with van der Waals surface area (Å²) >= 11 is 8.53. The maximum atomic E-state index is 12.5. The molecule has 0 unspecified atom stereocenters. The number of hydrogen-bond acceptors (Lipinski definition) is 2. The Balaban J connectivity index is 3.42. The van der Waals surface area contributed by atoms with E-state index >= 15 is 0 Å². The molecule has 0 amide bonds. The van der Waals surface area contributed by atoms with Gasteiger partial charge in [0.05, 0.1) is 5.56 Å². The molecule has 0 atom stereocenters. The van der Waals surface area contributed by atoms with E-state index < -0.39 is 6.43 Å². The normalized spacial score (nSPS) is 10.6. The van der Waals surface area contributed by atoms with Crippen LogP contribution in [0.25, 0.3) is 0 Å². The van der Waals surface area contributed by atoms with E-state index in [1.165, 1.54) is 6.20 Å². The van der Waals surface area contributed by atoms with Gasteiger partial charge >= 0.3 is 0 Å². The number of halogens is 4. The van der Waals surface area contributed by atoms with E-state index in [9.17, 15) is 13.6 Å². The molecular formula is C8H5BrClF2NO. The molecule has 0 aliphatic carbocycles. The van der Waals surface area contributed by atoms with E-state index in [0.717, 1.165) is 0 Å². The predicted octanol–water partition coefficient (Wildman–Crippen LogP) is 3.38. The molecule has 1 aromatic heterocycles. The number of pyridine rings is 1. The zero-order valence-electron chi connectivity index (χ0n) is 6.81. The molecule has 0 saturated heterocycles. The number of hydrogen-bond donors (Lipinski definition) is 0. The van der Waals surface area contributed by atoms with E-state index in [-0.39, 0.29) is 27.2 Å². The highest BCUT2D eigenvalue weighted by atomic mass is 79.9. The summed E-state index contributed by atoms with van der Waals surface area (Å²) in [5, 5.41) is -0.122. The molecule has 0 aliphatic rings. The Hall–Kier alpha value is -0.550. The molecule has 14 heavy (non-hydrogen) atoms. The van der Waals surface area contributed by atoms with E-state index in [1.54, 1.807) is 0 Å². The summed E-state index contributed by atoms with van der Waals surface area (Å²) < 4.78 is 25.1. The molecule has 0 spiro atoms. The highest BCUT2D eigenvalue weighted by molar-refractivity contribution is 9.08. The lowest BCUT2D eigenvalue weighted by Crippen LogP contribution is -2.01. The summed E-state index contributed by atoms with van der Waals surface area (Å²) in [6, 6.07) is 0.